The van der Waals surface area contributed by atoms with Gasteiger partial charge in [0.25, 0.3) is 0 Å². The van der Waals surface area contributed by atoms with Crippen molar-refractivity contribution in [2.24, 2.45) is 0 Å². The summed E-state index contributed by atoms with van der Waals surface area (Å²) in [5, 5.41) is 10.5. The van der Waals surface area contributed by atoms with Crippen LogP contribution in [0, 0.1) is 11.6 Å². The van der Waals surface area contributed by atoms with Gasteiger partial charge in [0, 0.05) is 18.1 Å². The van der Waals surface area contributed by atoms with E-state index in [1.54, 1.807) is 34.9 Å². The van der Waals surface area contributed by atoms with Crippen molar-refractivity contribution in [3.8, 4) is 0 Å². The van der Waals surface area contributed by atoms with E-state index in [0.29, 0.717) is 12.1 Å². The molecule has 1 aromatic carbocycles. The second kappa shape index (κ2) is 7.09. The summed E-state index contributed by atoms with van der Waals surface area (Å²) in [5.41, 5.74) is 1.95. The van der Waals surface area contributed by atoms with Crippen molar-refractivity contribution in [3.63, 3.8) is 0 Å². The average molecular weight is 336 g/mol. The SMILES string of the molecule is Fc1ccc(CN[C@H](Cc2ccsc2)c2nccs2)cc1F. The molecule has 0 unspecified atom stereocenters. The maximum atomic E-state index is 13.3. The Morgan fingerprint density at radius 2 is 2.00 bits per heavy atom. The van der Waals surface area contributed by atoms with Crippen LogP contribution in [0.4, 0.5) is 8.78 Å². The molecule has 114 valence electrons. The lowest BCUT2D eigenvalue weighted by atomic mass is 10.1. The van der Waals surface area contributed by atoms with Crippen LogP contribution in [0.1, 0.15) is 22.2 Å². The molecule has 0 aliphatic heterocycles. The van der Waals surface area contributed by atoms with Gasteiger partial charge in [-0.05, 0) is 46.5 Å². The van der Waals surface area contributed by atoms with Crippen LogP contribution in [0.5, 0.6) is 0 Å². The number of hydrogen-bond donors (Lipinski definition) is 1. The minimum atomic E-state index is -0.821. The Bertz CT molecular complexity index is 712. The monoisotopic (exact) mass is 336 g/mol. The van der Waals surface area contributed by atoms with Crippen LogP contribution in [-0.2, 0) is 13.0 Å². The van der Waals surface area contributed by atoms with Crippen LogP contribution in [0.2, 0.25) is 0 Å². The van der Waals surface area contributed by atoms with E-state index in [9.17, 15) is 8.78 Å². The van der Waals surface area contributed by atoms with E-state index >= 15 is 0 Å². The van der Waals surface area contributed by atoms with Gasteiger partial charge in [-0.15, -0.1) is 11.3 Å². The molecule has 2 nitrogen and oxygen atoms in total. The summed E-state index contributed by atoms with van der Waals surface area (Å²) >= 11 is 3.25. The van der Waals surface area contributed by atoms with Crippen LogP contribution in [0.25, 0.3) is 0 Å². The summed E-state index contributed by atoms with van der Waals surface area (Å²) in [6.07, 6.45) is 2.60. The molecule has 0 spiro atoms. The van der Waals surface area contributed by atoms with Gasteiger partial charge >= 0.3 is 0 Å². The zero-order valence-electron chi connectivity index (χ0n) is 11.6. The average Bonchev–Trinajstić information content (AvgIpc) is 3.19. The summed E-state index contributed by atoms with van der Waals surface area (Å²) in [4.78, 5) is 4.37. The Morgan fingerprint density at radius 1 is 1.09 bits per heavy atom. The van der Waals surface area contributed by atoms with E-state index in [2.05, 4.69) is 21.7 Å². The van der Waals surface area contributed by atoms with Crippen LogP contribution in [0.3, 0.4) is 0 Å². The van der Waals surface area contributed by atoms with Crippen molar-refractivity contribution in [2.75, 3.05) is 0 Å². The lowest BCUT2D eigenvalue weighted by Crippen LogP contribution is -2.22. The van der Waals surface area contributed by atoms with Crippen molar-refractivity contribution in [3.05, 3.63) is 74.4 Å². The molecule has 0 bridgehead atoms. The highest BCUT2D eigenvalue weighted by Gasteiger charge is 2.15. The molecular weight excluding hydrogens is 322 g/mol. The first kappa shape index (κ1) is 15.3. The van der Waals surface area contributed by atoms with Gasteiger partial charge in [0.1, 0.15) is 5.01 Å². The van der Waals surface area contributed by atoms with E-state index in [0.717, 1.165) is 17.5 Å². The normalized spacial score (nSPS) is 12.5. The highest BCUT2D eigenvalue weighted by Crippen LogP contribution is 2.22. The molecule has 0 radical (unpaired) electrons. The summed E-state index contributed by atoms with van der Waals surface area (Å²) in [6, 6.07) is 6.12. The first-order chi connectivity index (χ1) is 10.7. The van der Waals surface area contributed by atoms with E-state index in [1.807, 2.05) is 10.8 Å². The fraction of sp³-hybridized carbons (Fsp3) is 0.188. The number of halogens is 2. The molecule has 2 aromatic heterocycles. The Labute approximate surface area is 135 Å². The van der Waals surface area contributed by atoms with Gasteiger partial charge in [-0.25, -0.2) is 13.8 Å². The number of thiazole rings is 1. The summed E-state index contributed by atoms with van der Waals surface area (Å²) in [7, 11) is 0. The first-order valence-electron chi connectivity index (χ1n) is 6.80. The molecule has 3 rings (SSSR count). The molecular formula is C16H14F2N2S2. The number of nitrogens with zero attached hydrogens (tertiary/aromatic N) is 1. The van der Waals surface area contributed by atoms with Gasteiger partial charge < -0.3 is 5.32 Å². The molecule has 22 heavy (non-hydrogen) atoms. The molecule has 6 heteroatoms. The van der Waals surface area contributed by atoms with Crippen molar-refractivity contribution < 1.29 is 8.78 Å². The van der Waals surface area contributed by atoms with Gasteiger partial charge in [0.05, 0.1) is 6.04 Å². The maximum Gasteiger partial charge on any atom is 0.159 e. The Balaban J connectivity index is 1.71. The van der Waals surface area contributed by atoms with Crippen molar-refractivity contribution in [1.82, 2.24) is 10.3 Å². The molecule has 0 fully saturated rings. The Morgan fingerprint density at radius 3 is 2.68 bits per heavy atom. The first-order valence-corrected chi connectivity index (χ1v) is 8.62. The van der Waals surface area contributed by atoms with E-state index in [4.69, 9.17) is 0 Å². The highest BCUT2D eigenvalue weighted by molar-refractivity contribution is 7.09. The predicted molar refractivity (Wildman–Crippen MR) is 86.1 cm³/mol. The third kappa shape index (κ3) is 3.76. The molecule has 0 aliphatic rings. The minimum Gasteiger partial charge on any atom is -0.304 e. The van der Waals surface area contributed by atoms with E-state index in [1.165, 1.54) is 11.6 Å². The van der Waals surface area contributed by atoms with Gasteiger partial charge in [-0.3, -0.25) is 0 Å². The lowest BCUT2D eigenvalue weighted by molar-refractivity contribution is 0.499. The second-order valence-electron chi connectivity index (χ2n) is 4.89. The molecule has 1 N–H and O–H groups in total. The van der Waals surface area contributed by atoms with Crippen LogP contribution in [0.15, 0.2) is 46.6 Å². The topological polar surface area (TPSA) is 24.9 Å². The van der Waals surface area contributed by atoms with Crippen LogP contribution in [-0.4, -0.2) is 4.98 Å². The minimum absolute atomic E-state index is 0.0581. The third-order valence-electron chi connectivity index (χ3n) is 3.31. The standard InChI is InChI=1S/C16H14F2N2S2/c17-13-2-1-11(7-14(13)18)9-20-15(16-19-4-6-22-16)8-12-3-5-21-10-12/h1-7,10,15,20H,8-9H2/t15-/m1/s1. The molecule has 3 aromatic rings. The third-order valence-corrected chi connectivity index (χ3v) is 4.93. The molecule has 0 aliphatic carbocycles. The molecule has 1 atom stereocenters. The van der Waals surface area contributed by atoms with Crippen molar-refractivity contribution in [2.45, 2.75) is 19.0 Å². The number of rotatable bonds is 6. The summed E-state index contributed by atoms with van der Waals surface area (Å²) in [5.74, 6) is -1.64. The predicted octanol–water partition coefficient (Wildman–Crippen LogP) is 4.56. The lowest BCUT2D eigenvalue weighted by Gasteiger charge is -2.16. The molecule has 0 saturated carbocycles. The van der Waals surface area contributed by atoms with Gasteiger partial charge in [-0.2, -0.15) is 11.3 Å². The second-order valence-corrected chi connectivity index (χ2v) is 6.59. The van der Waals surface area contributed by atoms with Gasteiger partial charge in [-0.1, -0.05) is 6.07 Å². The fourth-order valence-electron chi connectivity index (χ4n) is 2.19. The number of nitrogens with one attached hydrogen (secondary N) is 1. The zero-order valence-corrected chi connectivity index (χ0v) is 13.3. The maximum absolute atomic E-state index is 13.3. The number of benzene rings is 1. The molecule has 0 amide bonds. The molecule has 0 saturated heterocycles. The van der Waals surface area contributed by atoms with Gasteiger partial charge in [0.15, 0.2) is 11.6 Å². The van der Waals surface area contributed by atoms with E-state index < -0.39 is 11.6 Å². The smallest absolute Gasteiger partial charge is 0.159 e. The van der Waals surface area contributed by atoms with Gasteiger partial charge in [0.2, 0.25) is 0 Å². The van der Waals surface area contributed by atoms with Crippen molar-refractivity contribution in [1.29, 1.82) is 0 Å². The van der Waals surface area contributed by atoms with Crippen molar-refractivity contribution >= 4 is 22.7 Å². The number of thiophene rings is 1. The largest absolute Gasteiger partial charge is 0.304 e. The molecule has 2 heterocycles. The Kier molecular flexibility index (Phi) is 4.92. The summed E-state index contributed by atoms with van der Waals surface area (Å²) < 4.78 is 26.2. The summed E-state index contributed by atoms with van der Waals surface area (Å²) in [6.45, 7) is 0.464. The highest BCUT2D eigenvalue weighted by atomic mass is 32.1. The van der Waals surface area contributed by atoms with E-state index in [-0.39, 0.29) is 6.04 Å². The fourth-order valence-corrected chi connectivity index (χ4v) is 3.58. The zero-order chi connectivity index (χ0) is 15.4. The van der Waals surface area contributed by atoms with Crippen LogP contribution >= 0.6 is 22.7 Å². The number of hydrogen-bond acceptors (Lipinski definition) is 4. The number of aromatic nitrogens is 1. The van der Waals surface area contributed by atoms with Crippen LogP contribution < -0.4 is 5.32 Å². The Hall–Kier alpha value is -1.63. The quantitative estimate of drug-likeness (QED) is 0.714.